The molecular formula is C14H20FNO2S. The Morgan fingerprint density at radius 1 is 1.21 bits per heavy atom. The van der Waals surface area contributed by atoms with Crippen LogP contribution in [0.2, 0.25) is 0 Å². The zero-order valence-corrected chi connectivity index (χ0v) is 12.3. The van der Waals surface area contributed by atoms with Crippen molar-refractivity contribution in [2.75, 3.05) is 6.54 Å². The van der Waals surface area contributed by atoms with Gasteiger partial charge in [-0.25, -0.2) is 12.8 Å². The Bertz CT molecular complexity index is 558. The summed E-state index contributed by atoms with van der Waals surface area (Å²) in [6, 6.07) is 5.48. The summed E-state index contributed by atoms with van der Waals surface area (Å²) in [4.78, 5) is -0.219. The van der Waals surface area contributed by atoms with E-state index < -0.39 is 15.8 Å². The lowest BCUT2D eigenvalue weighted by Gasteiger charge is -2.40. The number of rotatable bonds is 2. The largest absolute Gasteiger partial charge is 0.246 e. The maximum atomic E-state index is 13.8. The van der Waals surface area contributed by atoms with Crippen molar-refractivity contribution in [2.24, 2.45) is 11.8 Å². The van der Waals surface area contributed by atoms with Gasteiger partial charge in [-0.15, -0.1) is 0 Å². The maximum absolute atomic E-state index is 13.8. The summed E-state index contributed by atoms with van der Waals surface area (Å²) in [5, 5.41) is 0. The van der Waals surface area contributed by atoms with Crippen LogP contribution < -0.4 is 0 Å². The van der Waals surface area contributed by atoms with Gasteiger partial charge in [-0.1, -0.05) is 26.0 Å². The first-order valence-electron chi connectivity index (χ1n) is 6.60. The molecule has 0 amide bonds. The monoisotopic (exact) mass is 285 g/mol. The summed E-state index contributed by atoms with van der Waals surface area (Å²) in [5.41, 5.74) is 0. The Hall–Kier alpha value is -0.940. The number of hydrogen-bond acceptors (Lipinski definition) is 2. The van der Waals surface area contributed by atoms with Crippen LogP contribution in [0.1, 0.15) is 27.2 Å². The minimum atomic E-state index is -3.75. The fourth-order valence-corrected chi connectivity index (χ4v) is 4.67. The van der Waals surface area contributed by atoms with Crippen LogP contribution in [0.15, 0.2) is 29.2 Å². The minimum Gasteiger partial charge on any atom is -0.207 e. The van der Waals surface area contributed by atoms with Gasteiger partial charge in [0.05, 0.1) is 0 Å². The van der Waals surface area contributed by atoms with Crippen molar-refractivity contribution in [1.82, 2.24) is 4.31 Å². The predicted octanol–water partition coefficient (Wildman–Crippen LogP) is 2.88. The number of sulfonamides is 1. The first kappa shape index (κ1) is 14.5. The van der Waals surface area contributed by atoms with E-state index >= 15 is 0 Å². The first-order chi connectivity index (χ1) is 8.84. The Kier molecular flexibility index (Phi) is 3.97. The lowest BCUT2D eigenvalue weighted by Crippen LogP contribution is -2.48. The molecule has 1 fully saturated rings. The topological polar surface area (TPSA) is 37.4 Å². The molecular weight excluding hydrogens is 265 g/mol. The molecule has 106 valence electrons. The SMILES string of the molecule is CC1CC(C)C(C)N(S(=O)(=O)c2ccccc2F)C1. The average Bonchev–Trinajstić information content (AvgIpc) is 2.34. The lowest BCUT2D eigenvalue weighted by molar-refractivity contribution is 0.157. The molecule has 0 aliphatic carbocycles. The molecule has 3 unspecified atom stereocenters. The highest BCUT2D eigenvalue weighted by Gasteiger charge is 2.38. The van der Waals surface area contributed by atoms with Gasteiger partial charge in [-0.05, 0) is 37.3 Å². The summed E-state index contributed by atoms with van der Waals surface area (Å²) in [7, 11) is -3.75. The van der Waals surface area contributed by atoms with Crippen LogP contribution in [-0.2, 0) is 10.0 Å². The van der Waals surface area contributed by atoms with E-state index in [0.717, 1.165) is 6.42 Å². The number of hydrogen-bond donors (Lipinski definition) is 0. The smallest absolute Gasteiger partial charge is 0.207 e. The van der Waals surface area contributed by atoms with Gasteiger partial charge in [-0.2, -0.15) is 4.31 Å². The summed E-state index contributed by atoms with van der Waals surface area (Å²) in [6.07, 6.45) is 1.00. The molecule has 2 rings (SSSR count). The van der Waals surface area contributed by atoms with E-state index in [4.69, 9.17) is 0 Å². The zero-order valence-electron chi connectivity index (χ0n) is 11.5. The zero-order chi connectivity index (χ0) is 14.2. The van der Waals surface area contributed by atoms with E-state index in [1.165, 1.54) is 22.5 Å². The van der Waals surface area contributed by atoms with Crippen LogP contribution >= 0.6 is 0 Å². The van der Waals surface area contributed by atoms with E-state index in [9.17, 15) is 12.8 Å². The third kappa shape index (κ3) is 2.67. The Balaban J connectivity index is 2.42. The third-order valence-corrected chi connectivity index (χ3v) is 5.95. The second-order valence-corrected chi connectivity index (χ2v) is 7.42. The van der Waals surface area contributed by atoms with Crippen molar-refractivity contribution in [1.29, 1.82) is 0 Å². The molecule has 3 atom stereocenters. The van der Waals surface area contributed by atoms with E-state index in [0.29, 0.717) is 12.5 Å². The van der Waals surface area contributed by atoms with Gasteiger partial charge >= 0.3 is 0 Å². The second kappa shape index (κ2) is 5.21. The van der Waals surface area contributed by atoms with Crippen LogP contribution in [0.4, 0.5) is 4.39 Å². The lowest BCUT2D eigenvalue weighted by atomic mass is 9.88. The Morgan fingerprint density at radius 3 is 2.47 bits per heavy atom. The molecule has 19 heavy (non-hydrogen) atoms. The standard InChI is InChI=1S/C14H20FNO2S/c1-10-8-11(2)12(3)16(9-10)19(17,18)14-7-5-4-6-13(14)15/h4-7,10-12H,8-9H2,1-3H3. The van der Waals surface area contributed by atoms with E-state index in [-0.39, 0.29) is 16.9 Å². The van der Waals surface area contributed by atoms with E-state index in [2.05, 4.69) is 0 Å². The highest BCUT2D eigenvalue weighted by Crippen LogP contribution is 2.32. The van der Waals surface area contributed by atoms with Crippen molar-refractivity contribution in [2.45, 2.75) is 38.1 Å². The van der Waals surface area contributed by atoms with Gasteiger partial charge in [0.2, 0.25) is 10.0 Å². The molecule has 1 saturated heterocycles. The highest BCUT2D eigenvalue weighted by atomic mass is 32.2. The summed E-state index contributed by atoms with van der Waals surface area (Å²) < 4.78 is 40.4. The summed E-state index contributed by atoms with van der Waals surface area (Å²) >= 11 is 0. The molecule has 1 aliphatic heterocycles. The van der Waals surface area contributed by atoms with Crippen molar-refractivity contribution < 1.29 is 12.8 Å². The molecule has 5 heteroatoms. The molecule has 1 aliphatic rings. The average molecular weight is 285 g/mol. The number of nitrogens with zero attached hydrogens (tertiary/aromatic N) is 1. The number of benzene rings is 1. The highest BCUT2D eigenvalue weighted by molar-refractivity contribution is 7.89. The molecule has 1 aromatic carbocycles. The molecule has 1 aromatic rings. The molecule has 0 spiro atoms. The molecule has 0 saturated carbocycles. The third-order valence-electron chi connectivity index (χ3n) is 3.97. The first-order valence-corrected chi connectivity index (χ1v) is 8.04. The Labute approximate surface area is 114 Å². The molecule has 0 aromatic heterocycles. The fraction of sp³-hybridized carbons (Fsp3) is 0.571. The molecule has 3 nitrogen and oxygen atoms in total. The van der Waals surface area contributed by atoms with Crippen molar-refractivity contribution in [3.8, 4) is 0 Å². The maximum Gasteiger partial charge on any atom is 0.246 e. The van der Waals surface area contributed by atoms with Crippen LogP contribution in [0.25, 0.3) is 0 Å². The molecule has 1 heterocycles. The van der Waals surface area contributed by atoms with Gasteiger partial charge in [0.15, 0.2) is 0 Å². The quantitative estimate of drug-likeness (QED) is 0.838. The number of halogens is 1. The van der Waals surface area contributed by atoms with Crippen LogP contribution in [0, 0.1) is 17.7 Å². The normalized spacial score (nSPS) is 29.4. The number of piperidine rings is 1. The van der Waals surface area contributed by atoms with Crippen molar-refractivity contribution >= 4 is 10.0 Å². The van der Waals surface area contributed by atoms with Gasteiger partial charge in [0.1, 0.15) is 10.7 Å². The van der Waals surface area contributed by atoms with Crippen molar-refractivity contribution in [3.05, 3.63) is 30.1 Å². The Morgan fingerprint density at radius 2 is 1.84 bits per heavy atom. The van der Waals surface area contributed by atoms with Gasteiger partial charge in [0.25, 0.3) is 0 Å². The van der Waals surface area contributed by atoms with E-state index in [1.807, 2.05) is 20.8 Å². The fourth-order valence-electron chi connectivity index (χ4n) is 2.76. The predicted molar refractivity (Wildman–Crippen MR) is 72.7 cm³/mol. The molecule has 0 radical (unpaired) electrons. The van der Waals surface area contributed by atoms with E-state index in [1.54, 1.807) is 6.07 Å². The molecule has 0 N–H and O–H groups in total. The minimum absolute atomic E-state index is 0.0965. The van der Waals surface area contributed by atoms with Crippen LogP contribution in [0.3, 0.4) is 0 Å². The summed E-state index contributed by atoms with van der Waals surface area (Å²) in [6.45, 7) is 6.44. The second-order valence-electron chi connectivity index (χ2n) is 5.56. The summed E-state index contributed by atoms with van der Waals surface area (Å²) in [5.74, 6) is -0.0985. The molecule has 0 bridgehead atoms. The van der Waals surface area contributed by atoms with Crippen LogP contribution in [-0.4, -0.2) is 25.3 Å². The van der Waals surface area contributed by atoms with Crippen LogP contribution in [0.5, 0.6) is 0 Å². The van der Waals surface area contributed by atoms with Gasteiger partial charge in [-0.3, -0.25) is 0 Å². The van der Waals surface area contributed by atoms with Gasteiger partial charge in [0, 0.05) is 12.6 Å². The van der Waals surface area contributed by atoms with Crippen molar-refractivity contribution in [3.63, 3.8) is 0 Å². The van der Waals surface area contributed by atoms with Gasteiger partial charge < -0.3 is 0 Å².